The number of nitrogens with one attached hydrogen (secondary N) is 1. The summed E-state index contributed by atoms with van der Waals surface area (Å²) in [5, 5.41) is 2.99. The molecule has 2 atom stereocenters. The lowest BCUT2D eigenvalue weighted by Gasteiger charge is -2.27. The van der Waals surface area contributed by atoms with Crippen LogP contribution in [0, 0.1) is 5.92 Å². The topological polar surface area (TPSA) is 47.6 Å². The fourth-order valence-electron chi connectivity index (χ4n) is 2.84. The molecule has 0 saturated carbocycles. The van der Waals surface area contributed by atoms with Gasteiger partial charge in [0.15, 0.2) is 6.29 Å². The molecule has 1 aliphatic carbocycles. The van der Waals surface area contributed by atoms with E-state index in [4.69, 9.17) is 9.47 Å². The van der Waals surface area contributed by atoms with Gasteiger partial charge in [-0.15, -0.1) is 0 Å². The van der Waals surface area contributed by atoms with Gasteiger partial charge in [-0.2, -0.15) is 0 Å². The van der Waals surface area contributed by atoms with E-state index >= 15 is 0 Å². The lowest BCUT2D eigenvalue weighted by atomic mass is 9.83. The van der Waals surface area contributed by atoms with Crippen LogP contribution in [0.3, 0.4) is 0 Å². The standard InChI is InChI=1S/C16H23NO3/c1-11(16(19-2)20-3)17-15(18)14-9-8-12-6-4-5-7-13(12)10-14/h4-7,11,14,16H,8-10H2,1-3H3,(H,17,18). The summed E-state index contributed by atoms with van der Waals surface area (Å²) in [4.78, 5) is 12.3. The maximum Gasteiger partial charge on any atom is 0.223 e. The Morgan fingerprint density at radius 1 is 1.25 bits per heavy atom. The first-order chi connectivity index (χ1) is 9.65. The third kappa shape index (κ3) is 3.38. The highest BCUT2D eigenvalue weighted by Crippen LogP contribution is 2.25. The van der Waals surface area contributed by atoms with Crippen molar-refractivity contribution in [3.05, 3.63) is 35.4 Å². The van der Waals surface area contributed by atoms with E-state index in [0.717, 1.165) is 19.3 Å². The minimum atomic E-state index is -0.408. The number of benzene rings is 1. The SMILES string of the molecule is COC(OC)C(C)NC(=O)C1CCc2ccccc2C1. The molecular weight excluding hydrogens is 254 g/mol. The van der Waals surface area contributed by atoms with E-state index in [1.165, 1.54) is 11.1 Å². The summed E-state index contributed by atoms with van der Waals surface area (Å²) >= 11 is 0. The number of methoxy groups -OCH3 is 2. The van der Waals surface area contributed by atoms with E-state index in [1.54, 1.807) is 14.2 Å². The lowest BCUT2D eigenvalue weighted by Crippen LogP contribution is -2.46. The molecular formula is C16H23NO3. The zero-order valence-corrected chi connectivity index (χ0v) is 12.4. The molecule has 0 heterocycles. The van der Waals surface area contributed by atoms with E-state index < -0.39 is 6.29 Å². The van der Waals surface area contributed by atoms with Gasteiger partial charge in [0.2, 0.25) is 5.91 Å². The van der Waals surface area contributed by atoms with Crippen molar-refractivity contribution in [2.45, 2.75) is 38.5 Å². The smallest absolute Gasteiger partial charge is 0.223 e. The normalized spacial score (nSPS) is 19.5. The summed E-state index contributed by atoms with van der Waals surface area (Å²) in [5.41, 5.74) is 2.66. The van der Waals surface area contributed by atoms with Crippen molar-refractivity contribution >= 4 is 5.91 Å². The van der Waals surface area contributed by atoms with Crippen molar-refractivity contribution in [2.24, 2.45) is 5.92 Å². The largest absolute Gasteiger partial charge is 0.354 e. The molecule has 0 aliphatic heterocycles. The average Bonchev–Trinajstić information content (AvgIpc) is 2.48. The molecule has 2 unspecified atom stereocenters. The van der Waals surface area contributed by atoms with Crippen LogP contribution in [0.15, 0.2) is 24.3 Å². The molecule has 4 heteroatoms. The van der Waals surface area contributed by atoms with E-state index in [1.807, 2.05) is 13.0 Å². The summed E-state index contributed by atoms with van der Waals surface area (Å²) < 4.78 is 10.3. The van der Waals surface area contributed by atoms with Crippen LogP contribution in [0.5, 0.6) is 0 Å². The Labute approximate surface area is 120 Å². The zero-order chi connectivity index (χ0) is 14.5. The Balaban J connectivity index is 1.95. The van der Waals surface area contributed by atoms with Gasteiger partial charge in [-0.05, 0) is 37.3 Å². The molecule has 1 aromatic rings. The zero-order valence-electron chi connectivity index (χ0n) is 12.4. The van der Waals surface area contributed by atoms with Crippen LogP contribution in [0.4, 0.5) is 0 Å². The number of rotatable bonds is 5. The molecule has 0 saturated heterocycles. The van der Waals surface area contributed by atoms with Crippen LogP contribution in [-0.2, 0) is 27.1 Å². The number of hydrogen-bond donors (Lipinski definition) is 1. The Kier molecular flexibility index (Phi) is 5.15. The maximum absolute atomic E-state index is 12.3. The molecule has 4 nitrogen and oxygen atoms in total. The first-order valence-electron chi connectivity index (χ1n) is 7.08. The molecule has 1 N–H and O–H groups in total. The van der Waals surface area contributed by atoms with Gasteiger partial charge in [-0.3, -0.25) is 4.79 Å². The Morgan fingerprint density at radius 2 is 1.90 bits per heavy atom. The molecule has 1 amide bonds. The second kappa shape index (κ2) is 6.86. The van der Waals surface area contributed by atoms with Crippen LogP contribution in [0.25, 0.3) is 0 Å². The van der Waals surface area contributed by atoms with Gasteiger partial charge in [-0.1, -0.05) is 24.3 Å². The summed E-state index contributed by atoms with van der Waals surface area (Å²) in [5.74, 6) is 0.132. The highest BCUT2D eigenvalue weighted by Gasteiger charge is 2.27. The van der Waals surface area contributed by atoms with Crippen LogP contribution < -0.4 is 5.32 Å². The Hall–Kier alpha value is -1.39. The average molecular weight is 277 g/mol. The van der Waals surface area contributed by atoms with Gasteiger partial charge >= 0.3 is 0 Å². The molecule has 2 rings (SSSR count). The minimum absolute atomic E-state index is 0.0433. The van der Waals surface area contributed by atoms with Crippen molar-refractivity contribution in [1.29, 1.82) is 0 Å². The molecule has 0 spiro atoms. The van der Waals surface area contributed by atoms with Crippen molar-refractivity contribution in [2.75, 3.05) is 14.2 Å². The molecule has 0 bridgehead atoms. The Bertz CT molecular complexity index is 457. The van der Waals surface area contributed by atoms with Gasteiger partial charge < -0.3 is 14.8 Å². The number of hydrogen-bond acceptors (Lipinski definition) is 3. The number of ether oxygens (including phenoxy) is 2. The summed E-state index contributed by atoms with van der Waals surface area (Å²) in [6, 6.07) is 8.20. The second-order valence-corrected chi connectivity index (χ2v) is 5.35. The number of amides is 1. The van der Waals surface area contributed by atoms with E-state index in [-0.39, 0.29) is 17.9 Å². The predicted octanol–water partition coefficient (Wildman–Crippen LogP) is 1.92. The van der Waals surface area contributed by atoms with Crippen molar-refractivity contribution < 1.29 is 14.3 Å². The van der Waals surface area contributed by atoms with Crippen LogP contribution in [0.1, 0.15) is 24.5 Å². The molecule has 0 aromatic heterocycles. The third-order valence-corrected chi connectivity index (χ3v) is 3.96. The maximum atomic E-state index is 12.3. The molecule has 0 fully saturated rings. The number of carbonyl (C=O) groups is 1. The minimum Gasteiger partial charge on any atom is -0.354 e. The molecule has 110 valence electrons. The predicted molar refractivity (Wildman–Crippen MR) is 77.4 cm³/mol. The number of carbonyl (C=O) groups excluding carboxylic acids is 1. The van der Waals surface area contributed by atoms with Crippen molar-refractivity contribution in [1.82, 2.24) is 5.32 Å². The lowest BCUT2D eigenvalue weighted by molar-refractivity contribution is -0.138. The monoisotopic (exact) mass is 277 g/mol. The van der Waals surface area contributed by atoms with E-state index in [2.05, 4.69) is 23.5 Å². The van der Waals surface area contributed by atoms with Gasteiger partial charge in [0.1, 0.15) is 0 Å². The number of aryl methyl sites for hydroxylation is 1. The van der Waals surface area contributed by atoms with E-state index in [9.17, 15) is 4.79 Å². The molecule has 20 heavy (non-hydrogen) atoms. The van der Waals surface area contributed by atoms with Crippen LogP contribution >= 0.6 is 0 Å². The molecule has 1 aliphatic rings. The fourth-order valence-corrected chi connectivity index (χ4v) is 2.84. The molecule has 1 aromatic carbocycles. The Morgan fingerprint density at radius 3 is 2.55 bits per heavy atom. The third-order valence-electron chi connectivity index (χ3n) is 3.96. The first kappa shape index (κ1) is 15.0. The first-order valence-corrected chi connectivity index (χ1v) is 7.08. The highest BCUT2D eigenvalue weighted by atomic mass is 16.7. The quantitative estimate of drug-likeness (QED) is 0.836. The summed E-state index contributed by atoms with van der Waals surface area (Å²) in [6.45, 7) is 1.90. The highest BCUT2D eigenvalue weighted by molar-refractivity contribution is 5.79. The van der Waals surface area contributed by atoms with Crippen molar-refractivity contribution in [3.8, 4) is 0 Å². The second-order valence-electron chi connectivity index (χ2n) is 5.35. The van der Waals surface area contributed by atoms with Crippen LogP contribution in [0.2, 0.25) is 0 Å². The van der Waals surface area contributed by atoms with Crippen molar-refractivity contribution in [3.63, 3.8) is 0 Å². The van der Waals surface area contributed by atoms with Gasteiger partial charge in [0.05, 0.1) is 6.04 Å². The van der Waals surface area contributed by atoms with Gasteiger partial charge in [0.25, 0.3) is 0 Å². The summed E-state index contributed by atoms with van der Waals surface area (Å²) in [7, 11) is 3.15. The van der Waals surface area contributed by atoms with Gasteiger partial charge in [0, 0.05) is 20.1 Å². The summed E-state index contributed by atoms with van der Waals surface area (Å²) in [6.07, 6.45) is 2.29. The fraction of sp³-hybridized carbons (Fsp3) is 0.562. The number of fused-ring (bicyclic) bond motifs is 1. The van der Waals surface area contributed by atoms with Gasteiger partial charge in [-0.25, -0.2) is 0 Å². The molecule has 0 radical (unpaired) electrons. The van der Waals surface area contributed by atoms with E-state index in [0.29, 0.717) is 0 Å². The van der Waals surface area contributed by atoms with Crippen LogP contribution in [-0.4, -0.2) is 32.5 Å².